The Balaban J connectivity index is 1.65. The first-order valence-electron chi connectivity index (χ1n) is 11.2. The molecule has 184 valence electrons. The van der Waals surface area contributed by atoms with Crippen LogP contribution >= 0.6 is 23.4 Å². The summed E-state index contributed by atoms with van der Waals surface area (Å²) >= 11 is 8.06. The van der Waals surface area contributed by atoms with Crippen LogP contribution in [0.25, 0.3) is 10.9 Å². The Labute approximate surface area is 207 Å². The molecule has 2 aromatic carbocycles. The van der Waals surface area contributed by atoms with Gasteiger partial charge in [0.05, 0.1) is 22.7 Å². The molecule has 7 nitrogen and oxygen atoms in total. The van der Waals surface area contributed by atoms with Crippen LogP contribution in [0.3, 0.4) is 0 Å². The van der Waals surface area contributed by atoms with Crippen molar-refractivity contribution in [2.75, 3.05) is 6.61 Å². The molecule has 0 bridgehead atoms. The van der Waals surface area contributed by atoms with E-state index in [1.807, 2.05) is 30.3 Å². The number of aryl methyl sites for hydroxylation is 1. The molecule has 0 saturated carbocycles. The molecule has 5 N–H and O–H groups in total. The van der Waals surface area contributed by atoms with Gasteiger partial charge in [-0.05, 0) is 56.5 Å². The van der Waals surface area contributed by atoms with Gasteiger partial charge in [0.2, 0.25) is 0 Å². The van der Waals surface area contributed by atoms with Gasteiger partial charge in [-0.25, -0.2) is 0 Å². The van der Waals surface area contributed by atoms with Crippen molar-refractivity contribution in [2.45, 2.75) is 72.7 Å². The Morgan fingerprint density at radius 1 is 1.03 bits per heavy atom. The minimum atomic E-state index is -1.47. The summed E-state index contributed by atoms with van der Waals surface area (Å²) in [7, 11) is 0. The highest BCUT2D eigenvalue weighted by atomic mass is 35.5. The lowest BCUT2D eigenvalue weighted by Gasteiger charge is -2.40. The van der Waals surface area contributed by atoms with Gasteiger partial charge in [-0.3, -0.25) is 0 Å². The number of hydrogen-bond acceptors (Lipinski definition) is 7. The lowest BCUT2D eigenvalue weighted by Crippen LogP contribution is -2.56. The normalized spacial score (nSPS) is 25.7. The summed E-state index contributed by atoms with van der Waals surface area (Å²) in [5.41, 5.74) is 1.12. The number of aliphatic hydroxyl groups excluding tert-OH is 4. The van der Waals surface area contributed by atoms with Crippen molar-refractivity contribution in [1.29, 1.82) is 0 Å². The molecular formula is C25H30ClNO6S. The maximum absolute atomic E-state index is 10.6. The molecule has 1 aromatic heterocycles. The zero-order valence-corrected chi connectivity index (χ0v) is 20.6. The molecule has 5 atom stereocenters. The van der Waals surface area contributed by atoms with E-state index >= 15 is 0 Å². The smallest absolute Gasteiger partial charge is 0.163 e. The Morgan fingerprint density at radius 3 is 2.38 bits per heavy atom. The van der Waals surface area contributed by atoms with Crippen molar-refractivity contribution >= 4 is 34.3 Å². The third-order valence-corrected chi connectivity index (χ3v) is 7.44. The number of hydrogen-bond donors (Lipinski definition) is 5. The molecule has 1 aliphatic rings. The van der Waals surface area contributed by atoms with Crippen LogP contribution in [0.2, 0.25) is 5.02 Å². The zero-order chi connectivity index (χ0) is 24.6. The van der Waals surface area contributed by atoms with E-state index in [0.717, 1.165) is 27.2 Å². The van der Waals surface area contributed by atoms with E-state index in [-0.39, 0.29) is 0 Å². The van der Waals surface area contributed by atoms with E-state index in [4.69, 9.17) is 16.3 Å². The summed E-state index contributed by atoms with van der Waals surface area (Å²) in [5.74, 6) is 0. The fourth-order valence-electron chi connectivity index (χ4n) is 4.13. The maximum Gasteiger partial charge on any atom is 0.163 e. The van der Waals surface area contributed by atoms with Gasteiger partial charge >= 0.3 is 0 Å². The van der Waals surface area contributed by atoms with Crippen LogP contribution in [-0.4, -0.2) is 66.7 Å². The van der Waals surface area contributed by atoms with Crippen LogP contribution in [0, 0.1) is 0 Å². The second kappa shape index (κ2) is 10.2. The van der Waals surface area contributed by atoms with Gasteiger partial charge in [0, 0.05) is 21.4 Å². The highest BCUT2D eigenvalue weighted by molar-refractivity contribution is 7.99. The third-order valence-electron chi connectivity index (χ3n) is 6.09. The van der Waals surface area contributed by atoms with Gasteiger partial charge in [0.25, 0.3) is 0 Å². The standard InChI is InChI=1S/C25H30ClNO6S/c1-25(2,32)11-10-14-6-8-15(9-7-14)34-19-12-27(17-5-3-4-16(26)20(17)19)24-23(31)22(30)21(29)18(13-28)33-24/h3-9,12,18,21-24,28-32H,10-11,13H2,1-2H3/t18-,21-,22+,23-,24-/m1/s1. The number of halogens is 1. The summed E-state index contributed by atoms with van der Waals surface area (Å²) in [6.07, 6.45) is -3.08. The summed E-state index contributed by atoms with van der Waals surface area (Å²) < 4.78 is 7.46. The van der Waals surface area contributed by atoms with Crippen molar-refractivity contribution in [2.24, 2.45) is 0 Å². The number of nitrogens with zero attached hydrogens (tertiary/aromatic N) is 1. The number of rotatable bonds is 7. The number of aliphatic hydroxyl groups is 5. The monoisotopic (exact) mass is 507 g/mol. The first-order chi connectivity index (χ1) is 16.1. The molecule has 34 heavy (non-hydrogen) atoms. The largest absolute Gasteiger partial charge is 0.394 e. The highest BCUT2D eigenvalue weighted by Gasteiger charge is 2.44. The molecule has 3 aromatic rings. The predicted octanol–water partition coefficient (Wildman–Crippen LogP) is 3.12. The van der Waals surface area contributed by atoms with Crippen molar-refractivity contribution in [1.82, 2.24) is 4.57 Å². The van der Waals surface area contributed by atoms with Crippen molar-refractivity contribution in [3.63, 3.8) is 0 Å². The van der Waals surface area contributed by atoms with Gasteiger partial charge < -0.3 is 34.8 Å². The fourth-order valence-corrected chi connectivity index (χ4v) is 5.47. The Hall–Kier alpha value is -1.62. The van der Waals surface area contributed by atoms with E-state index in [2.05, 4.69) is 0 Å². The summed E-state index contributed by atoms with van der Waals surface area (Å²) in [6, 6.07) is 13.5. The molecule has 1 aliphatic heterocycles. The Kier molecular flexibility index (Phi) is 7.61. The first-order valence-corrected chi connectivity index (χ1v) is 12.4. The van der Waals surface area contributed by atoms with E-state index in [1.165, 1.54) is 11.8 Å². The first kappa shape index (κ1) is 25.5. The summed E-state index contributed by atoms with van der Waals surface area (Å²) in [4.78, 5) is 1.82. The number of aromatic nitrogens is 1. The Morgan fingerprint density at radius 2 is 1.74 bits per heavy atom. The average molecular weight is 508 g/mol. The lowest BCUT2D eigenvalue weighted by atomic mass is 9.98. The quantitative estimate of drug-likeness (QED) is 0.334. The van der Waals surface area contributed by atoms with E-state index in [9.17, 15) is 25.5 Å². The third kappa shape index (κ3) is 5.29. The molecule has 0 amide bonds. The highest BCUT2D eigenvalue weighted by Crippen LogP contribution is 2.41. The number of fused-ring (bicyclic) bond motifs is 1. The van der Waals surface area contributed by atoms with Crippen molar-refractivity contribution in [3.05, 3.63) is 59.2 Å². The molecule has 1 fully saturated rings. The molecule has 0 radical (unpaired) electrons. The fraction of sp³-hybridized carbons (Fsp3) is 0.440. The van der Waals surface area contributed by atoms with Crippen LogP contribution in [0.4, 0.5) is 0 Å². The molecule has 1 saturated heterocycles. The second-order valence-electron chi connectivity index (χ2n) is 9.31. The maximum atomic E-state index is 10.6. The van der Waals surface area contributed by atoms with E-state index in [1.54, 1.807) is 36.7 Å². The van der Waals surface area contributed by atoms with Crippen molar-refractivity contribution < 1.29 is 30.3 Å². The van der Waals surface area contributed by atoms with Gasteiger partial charge in [-0.15, -0.1) is 0 Å². The topological polar surface area (TPSA) is 115 Å². The van der Waals surface area contributed by atoms with Gasteiger partial charge in [-0.2, -0.15) is 0 Å². The molecule has 9 heteroatoms. The number of benzene rings is 2. The SMILES string of the molecule is CC(C)(O)CCc1ccc(Sc2cn([C@@H]3O[C@H](CO)[C@@H](O)[C@H](O)[C@H]3O)c3cccc(Cl)c23)cc1. The van der Waals surface area contributed by atoms with Crippen LogP contribution < -0.4 is 0 Å². The summed E-state index contributed by atoms with van der Waals surface area (Å²) in [5, 5.41) is 51.9. The number of ether oxygens (including phenoxy) is 1. The van der Waals surface area contributed by atoms with Crippen LogP contribution in [0.1, 0.15) is 32.1 Å². The molecule has 0 unspecified atom stereocenters. The zero-order valence-electron chi connectivity index (χ0n) is 19.0. The van der Waals surface area contributed by atoms with Crippen LogP contribution in [0.5, 0.6) is 0 Å². The second-order valence-corrected chi connectivity index (χ2v) is 10.8. The average Bonchev–Trinajstić information content (AvgIpc) is 3.16. The predicted molar refractivity (Wildman–Crippen MR) is 131 cm³/mol. The summed E-state index contributed by atoms with van der Waals surface area (Å²) in [6.45, 7) is 3.10. The molecule has 4 rings (SSSR count). The van der Waals surface area contributed by atoms with Gasteiger partial charge in [0.1, 0.15) is 24.4 Å². The molecular weight excluding hydrogens is 478 g/mol. The minimum absolute atomic E-state index is 0.497. The van der Waals surface area contributed by atoms with E-state index in [0.29, 0.717) is 17.0 Å². The van der Waals surface area contributed by atoms with Crippen LogP contribution in [-0.2, 0) is 11.2 Å². The van der Waals surface area contributed by atoms with Gasteiger partial charge in [-0.1, -0.05) is 41.6 Å². The molecule has 0 aliphatic carbocycles. The van der Waals surface area contributed by atoms with Crippen LogP contribution in [0.15, 0.2) is 58.5 Å². The van der Waals surface area contributed by atoms with E-state index < -0.39 is 42.9 Å². The molecule has 2 heterocycles. The minimum Gasteiger partial charge on any atom is -0.394 e. The van der Waals surface area contributed by atoms with Gasteiger partial charge in [0.15, 0.2) is 6.23 Å². The van der Waals surface area contributed by atoms with Crippen molar-refractivity contribution in [3.8, 4) is 0 Å². The Bertz CT molecular complexity index is 1130. The lowest BCUT2D eigenvalue weighted by molar-refractivity contribution is -0.250. The molecule has 0 spiro atoms.